The lowest BCUT2D eigenvalue weighted by Crippen LogP contribution is -2.50. The van der Waals surface area contributed by atoms with Crippen molar-refractivity contribution in [3.63, 3.8) is 0 Å². The zero-order chi connectivity index (χ0) is 16.4. The van der Waals surface area contributed by atoms with E-state index in [1.54, 1.807) is 11.8 Å². The lowest BCUT2D eigenvalue weighted by atomic mass is 10.0. The van der Waals surface area contributed by atoms with E-state index in [2.05, 4.69) is 20.4 Å². The third-order valence-corrected chi connectivity index (χ3v) is 4.71. The molecule has 3 heterocycles. The van der Waals surface area contributed by atoms with Crippen LogP contribution in [0.1, 0.15) is 31.6 Å². The molecule has 1 N–H and O–H groups in total. The largest absolute Gasteiger partial charge is 0.408 e. The standard InChI is InChI=1S/C15H24FN5O2/c1-10-18-19-15(23-10)21-9-11(16)7-12(21)8-17-14(22)13-5-3-4-6-20(13)2/h11-13H,3-9H2,1-2H3,(H,17,22)/t11-,12-,13?/m0/s1. The number of likely N-dealkylation sites (tertiary alicyclic amines) is 1. The van der Waals surface area contributed by atoms with Crippen molar-refractivity contribution >= 4 is 11.9 Å². The van der Waals surface area contributed by atoms with Gasteiger partial charge >= 0.3 is 6.01 Å². The summed E-state index contributed by atoms with van der Waals surface area (Å²) < 4.78 is 19.2. The Hall–Kier alpha value is -1.70. The Labute approximate surface area is 135 Å². The third kappa shape index (κ3) is 3.63. The minimum absolute atomic E-state index is 0.0242. The van der Waals surface area contributed by atoms with E-state index < -0.39 is 6.17 Å². The molecule has 23 heavy (non-hydrogen) atoms. The molecule has 2 saturated heterocycles. The molecule has 0 aromatic carbocycles. The lowest BCUT2D eigenvalue weighted by molar-refractivity contribution is -0.127. The van der Waals surface area contributed by atoms with Crippen molar-refractivity contribution in [1.29, 1.82) is 0 Å². The van der Waals surface area contributed by atoms with Gasteiger partial charge in [-0.1, -0.05) is 11.5 Å². The van der Waals surface area contributed by atoms with Crippen LogP contribution in [-0.4, -0.2) is 65.9 Å². The van der Waals surface area contributed by atoms with Gasteiger partial charge in [-0.15, -0.1) is 5.10 Å². The fourth-order valence-corrected chi connectivity index (χ4v) is 3.43. The van der Waals surface area contributed by atoms with Crippen LogP contribution in [0.2, 0.25) is 0 Å². The van der Waals surface area contributed by atoms with Crippen LogP contribution in [0.15, 0.2) is 4.42 Å². The number of alkyl halides is 1. The number of aromatic nitrogens is 2. The summed E-state index contributed by atoms with van der Waals surface area (Å²) in [4.78, 5) is 16.2. The fraction of sp³-hybridized carbons (Fsp3) is 0.800. The first-order chi connectivity index (χ1) is 11.0. The summed E-state index contributed by atoms with van der Waals surface area (Å²) in [6, 6.07) is 0.102. The van der Waals surface area contributed by atoms with Gasteiger partial charge in [-0.3, -0.25) is 9.69 Å². The summed E-state index contributed by atoms with van der Waals surface area (Å²) in [7, 11) is 1.98. The number of hydrogen-bond acceptors (Lipinski definition) is 6. The summed E-state index contributed by atoms with van der Waals surface area (Å²) in [6.45, 7) is 3.27. The smallest absolute Gasteiger partial charge is 0.318 e. The molecular formula is C15H24FN5O2. The van der Waals surface area contributed by atoms with E-state index in [0.717, 1.165) is 25.8 Å². The highest BCUT2D eigenvalue weighted by molar-refractivity contribution is 5.81. The number of carbonyl (C=O) groups is 1. The van der Waals surface area contributed by atoms with Gasteiger partial charge in [0.05, 0.1) is 18.6 Å². The second-order valence-corrected chi connectivity index (χ2v) is 6.48. The maximum Gasteiger partial charge on any atom is 0.318 e. The summed E-state index contributed by atoms with van der Waals surface area (Å²) in [5.74, 6) is 0.477. The van der Waals surface area contributed by atoms with Gasteiger partial charge in [0.15, 0.2) is 0 Å². The number of anilines is 1. The molecule has 2 fully saturated rings. The van der Waals surface area contributed by atoms with Crippen LogP contribution in [0.25, 0.3) is 0 Å². The van der Waals surface area contributed by atoms with Crippen molar-refractivity contribution in [3.05, 3.63) is 5.89 Å². The second-order valence-electron chi connectivity index (χ2n) is 6.48. The summed E-state index contributed by atoms with van der Waals surface area (Å²) in [6.07, 6.45) is 2.51. The summed E-state index contributed by atoms with van der Waals surface area (Å²) in [5, 5.41) is 10.7. The number of piperidine rings is 1. The van der Waals surface area contributed by atoms with E-state index in [1.807, 2.05) is 7.05 Å². The minimum atomic E-state index is -0.943. The predicted molar refractivity (Wildman–Crippen MR) is 83.0 cm³/mol. The average Bonchev–Trinajstić information content (AvgIpc) is 3.11. The number of nitrogens with one attached hydrogen (secondary N) is 1. The number of amides is 1. The molecule has 1 unspecified atom stereocenters. The molecule has 0 radical (unpaired) electrons. The summed E-state index contributed by atoms with van der Waals surface area (Å²) >= 11 is 0. The van der Waals surface area contributed by atoms with Crippen molar-refractivity contribution < 1.29 is 13.6 Å². The number of likely N-dealkylation sites (N-methyl/N-ethyl adjacent to an activating group) is 1. The SMILES string of the molecule is Cc1nnc(N2C[C@@H](F)C[C@H]2CNC(=O)C2CCCCN2C)o1. The van der Waals surface area contributed by atoms with Gasteiger partial charge in [-0.25, -0.2) is 4.39 Å². The molecule has 0 saturated carbocycles. The van der Waals surface area contributed by atoms with E-state index in [4.69, 9.17) is 4.42 Å². The first-order valence-electron chi connectivity index (χ1n) is 8.23. The highest BCUT2D eigenvalue weighted by Crippen LogP contribution is 2.26. The molecule has 0 spiro atoms. The molecule has 7 nitrogen and oxygen atoms in total. The maximum atomic E-state index is 13.8. The molecule has 1 aromatic heterocycles. The molecule has 2 aliphatic rings. The highest BCUT2D eigenvalue weighted by Gasteiger charge is 2.36. The Morgan fingerprint density at radius 1 is 1.43 bits per heavy atom. The molecule has 1 amide bonds. The van der Waals surface area contributed by atoms with E-state index in [-0.39, 0.29) is 24.5 Å². The van der Waals surface area contributed by atoms with Gasteiger partial charge in [0.1, 0.15) is 6.17 Å². The molecule has 8 heteroatoms. The molecule has 1 aromatic rings. The number of hydrogen-bond donors (Lipinski definition) is 1. The minimum Gasteiger partial charge on any atom is -0.408 e. The van der Waals surface area contributed by atoms with Crippen LogP contribution in [0.4, 0.5) is 10.4 Å². The van der Waals surface area contributed by atoms with E-state index in [1.165, 1.54) is 0 Å². The van der Waals surface area contributed by atoms with Crippen LogP contribution in [0, 0.1) is 6.92 Å². The van der Waals surface area contributed by atoms with Crippen molar-refractivity contribution in [3.8, 4) is 0 Å². The Morgan fingerprint density at radius 2 is 2.26 bits per heavy atom. The molecule has 3 atom stereocenters. The number of rotatable bonds is 4. The van der Waals surface area contributed by atoms with Crippen LogP contribution in [0.3, 0.4) is 0 Å². The van der Waals surface area contributed by atoms with Gasteiger partial charge in [0.2, 0.25) is 11.8 Å². The first-order valence-corrected chi connectivity index (χ1v) is 8.23. The third-order valence-electron chi connectivity index (χ3n) is 4.71. The maximum absolute atomic E-state index is 13.8. The van der Waals surface area contributed by atoms with Gasteiger partial charge in [0, 0.05) is 19.9 Å². The number of halogens is 1. The van der Waals surface area contributed by atoms with Gasteiger partial charge in [0.25, 0.3) is 0 Å². The molecule has 3 rings (SSSR count). The summed E-state index contributed by atoms with van der Waals surface area (Å²) in [5.41, 5.74) is 0. The second kappa shape index (κ2) is 6.82. The van der Waals surface area contributed by atoms with E-state index >= 15 is 0 Å². The van der Waals surface area contributed by atoms with E-state index in [9.17, 15) is 9.18 Å². The molecule has 128 valence electrons. The Morgan fingerprint density at radius 3 is 2.96 bits per heavy atom. The van der Waals surface area contributed by atoms with Crippen LogP contribution < -0.4 is 10.2 Å². The Bertz CT molecular complexity index is 552. The van der Waals surface area contributed by atoms with Gasteiger partial charge in [-0.05, 0) is 26.4 Å². The fourth-order valence-electron chi connectivity index (χ4n) is 3.43. The highest BCUT2D eigenvalue weighted by atomic mass is 19.1. The Balaban J connectivity index is 1.58. The Kier molecular flexibility index (Phi) is 4.79. The van der Waals surface area contributed by atoms with Crippen LogP contribution in [-0.2, 0) is 4.79 Å². The molecular weight excluding hydrogens is 301 g/mol. The first kappa shape index (κ1) is 16.2. The average molecular weight is 325 g/mol. The van der Waals surface area contributed by atoms with Gasteiger partial charge < -0.3 is 14.6 Å². The topological polar surface area (TPSA) is 74.5 Å². The monoisotopic (exact) mass is 325 g/mol. The molecule has 2 aliphatic heterocycles. The van der Waals surface area contributed by atoms with E-state index in [0.29, 0.717) is 24.9 Å². The van der Waals surface area contributed by atoms with Crippen LogP contribution >= 0.6 is 0 Å². The molecule has 0 aliphatic carbocycles. The number of carbonyl (C=O) groups excluding carboxylic acids is 1. The number of aryl methyl sites for hydroxylation is 1. The number of nitrogens with zero attached hydrogens (tertiary/aromatic N) is 4. The zero-order valence-electron chi connectivity index (χ0n) is 13.7. The lowest BCUT2D eigenvalue weighted by Gasteiger charge is -2.32. The van der Waals surface area contributed by atoms with Crippen molar-refractivity contribution in [2.45, 2.75) is 50.9 Å². The van der Waals surface area contributed by atoms with Gasteiger partial charge in [-0.2, -0.15) is 0 Å². The predicted octanol–water partition coefficient (Wildman–Crippen LogP) is 0.895. The van der Waals surface area contributed by atoms with Crippen LogP contribution in [0.5, 0.6) is 0 Å². The van der Waals surface area contributed by atoms with Crippen molar-refractivity contribution in [1.82, 2.24) is 20.4 Å². The van der Waals surface area contributed by atoms with Crippen molar-refractivity contribution in [2.24, 2.45) is 0 Å². The molecule has 0 bridgehead atoms. The quantitative estimate of drug-likeness (QED) is 0.886. The normalized spacial score (nSPS) is 29.0. The zero-order valence-corrected chi connectivity index (χ0v) is 13.7. The van der Waals surface area contributed by atoms with Crippen molar-refractivity contribution in [2.75, 3.05) is 31.6 Å².